The normalized spacial score (nSPS) is 23.6. The zero-order valence-electron chi connectivity index (χ0n) is 12.2. The first-order valence-corrected chi connectivity index (χ1v) is 6.97. The van der Waals surface area contributed by atoms with Crippen molar-refractivity contribution in [2.45, 2.75) is 39.2 Å². The van der Waals surface area contributed by atoms with Gasteiger partial charge in [0.1, 0.15) is 0 Å². The number of rotatable bonds is 2. The molecule has 0 aliphatic carbocycles. The standard InChI is InChI=1S/C16H21NO3/c1-10-7-11(2)9-12(8-10)15-13(16(19)20)5-4-6-14(18)17(15)3/h7-9,13,15H,4-6H2,1-3H3,(H,19,20). The number of amides is 1. The maximum atomic E-state index is 12.1. The van der Waals surface area contributed by atoms with E-state index >= 15 is 0 Å². The number of likely N-dealkylation sites (tertiary alicyclic amines) is 1. The third kappa shape index (κ3) is 2.84. The van der Waals surface area contributed by atoms with Crippen LogP contribution in [-0.4, -0.2) is 28.9 Å². The Hall–Kier alpha value is -1.84. The Morgan fingerprint density at radius 2 is 1.85 bits per heavy atom. The van der Waals surface area contributed by atoms with Crippen LogP contribution in [-0.2, 0) is 9.59 Å². The molecule has 2 atom stereocenters. The van der Waals surface area contributed by atoms with Gasteiger partial charge in [0, 0.05) is 13.5 Å². The number of nitrogens with zero attached hydrogens (tertiary/aromatic N) is 1. The summed E-state index contributed by atoms with van der Waals surface area (Å²) in [5, 5.41) is 9.50. The number of hydrogen-bond acceptors (Lipinski definition) is 2. The molecular weight excluding hydrogens is 254 g/mol. The van der Waals surface area contributed by atoms with Gasteiger partial charge in [-0.2, -0.15) is 0 Å². The third-order valence-electron chi connectivity index (χ3n) is 4.00. The number of aryl methyl sites for hydroxylation is 2. The van der Waals surface area contributed by atoms with Gasteiger partial charge < -0.3 is 10.0 Å². The van der Waals surface area contributed by atoms with Gasteiger partial charge in [-0.3, -0.25) is 9.59 Å². The molecule has 0 saturated carbocycles. The SMILES string of the molecule is Cc1cc(C)cc(C2C(C(=O)O)CCCC(=O)N2C)c1. The zero-order valence-corrected chi connectivity index (χ0v) is 12.2. The topological polar surface area (TPSA) is 57.6 Å². The molecule has 1 amide bonds. The van der Waals surface area contributed by atoms with Crippen LogP contribution in [0.1, 0.15) is 42.0 Å². The maximum absolute atomic E-state index is 12.1. The van der Waals surface area contributed by atoms with Gasteiger partial charge in [-0.05, 0) is 32.3 Å². The summed E-state index contributed by atoms with van der Waals surface area (Å²) in [6, 6.07) is 5.66. The van der Waals surface area contributed by atoms with Crippen molar-refractivity contribution in [3.8, 4) is 0 Å². The van der Waals surface area contributed by atoms with Crippen LogP contribution in [0.4, 0.5) is 0 Å². The van der Waals surface area contributed by atoms with E-state index in [-0.39, 0.29) is 11.9 Å². The lowest BCUT2D eigenvalue weighted by Crippen LogP contribution is -2.36. The molecule has 1 saturated heterocycles. The molecule has 0 radical (unpaired) electrons. The molecule has 1 N–H and O–H groups in total. The number of hydrogen-bond donors (Lipinski definition) is 1. The smallest absolute Gasteiger partial charge is 0.308 e. The second kappa shape index (κ2) is 5.65. The van der Waals surface area contributed by atoms with Crippen LogP contribution in [0.2, 0.25) is 0 Å². The van der Waals surface area contributed by atoms with Crippen molar-refractivity contribution in [2.24, 2.45) is 5.92 Å². The summed E-state index contributed by atoms with van der Waals surface area (Å²) < 4.78 is 0. The number of aliphatic carboxylic acids is 1. The van der Waals surface area contributed by atoms with E-state index in [9.17, 15) is 14.7 Å². The third-order valence-corrected chi connectivity index (χ3v) is 4.00. The van der Waals surface area contributed by atoms with Crippen molar-refractivity contribution in [1.29, 1.82) is 0 Å². The fourth-order valence-electron chi connectivity index (χ4n) is 3.13. The van der Waals surface area contributed by atoms with Gasteiger partial charge in [-0.25, -0.2) is 0 Å². The number of carboxylic acids is 1. The molecule has 1 fully saturated rings. The van der Waals surface area contributed by atoms with Crippen LogP contribution in [0.15, 0.2) is 18.2 Å². The fourth-order valence-corrected chi connectivity index (χ4v) is 3.13. The van der Waals surface area contributed by atoms with Gasteiger partial charge in [0.05, 0.1) is 12.0 Å². The second-order valence-electron chi connectivity index (χ2n) is 5.71. The number of carbonyl (C=O) groups is 2. The molecule has 4 nitrogen and oxygen atoms in total. The molecule has 0 bridgehead atoms. The Labute approximate surface area is 119 Å². The largest absolute Gasteiger partial charge is 0.481 e. The molecule has 1 aromatic carbocycles. The molecule has 1 aliphatic heterocycles. The van der Waals surface area contributed by atoms with E-state index in [1.54, 1.807) is 11.9 Å². The van der Waals surface area contributed by atoms with Crippen molar-refractivity contribution in [3.63, 3.8) is 0 Å². The predicted octanol–water partition coefficient (Wildman–Crippen LogP) is 2.69. The van der Waals surface area contributed by atoms with E-state index in [1.807, 2.05) is 26.0 Å². The van der Waals surface area contributed by atoms with Crippen LogP contribution in [0.25, 0.3) is 0 Å². The molecule has 1 aromatic rings. The molecule has 1 aliphatic rings. The molecule has 0 aromatic heterocycles. The molecule has 1 heterocycles. The molecule has 4 heteroatoms. The van der Waals surface area contributed by atoms with Crippen molar-refractivity contribution in [3.05, 3.63) is 34.9 Å². The van der Waals surface area contributed by atoms with Crippen LogP contribution >= 0.6 is 0 Å². The first-order chi connectivity index (χ1) is 9.40. The first kappa shape index (κ1) is 14.6. The minimum atomic E-state index is -0.823. The van der Waals surface area contributed by atoms with E-state index in [2.05, 4.69) is 6.07 Å². The van der Waals surface area contributed by atoms with Gasteiger partial charge in [0.15, 0.2) is 0 Å². The Bertz CT molecular complexity index is 518. The minimum absolute atomic E-state index is 0.0258. The summed E-state index contributed by atoms with van der Waals surface area (Å²) in [6.07, 6.45) is 1.62. The highest BCUT2D eigenvalue weighted by Gasteiger charge is 2.36. The van der Waals surface area contributed by atoms with Gasteiger partial charge in [0.25, 0.3) is 0 Å². The van der Waals surface area contributed by atoms with E-state index in [0.29, 0.717) is 19.3 Å². The van der Waals surface area contributed by atoms with Crippen molar-refractivity contribution >= 4 is 11.9 Å². The average Bonchev–Trinajstić information content (AvgIpc) is 2.48. The molecule has 20 heavy (non-hydrogen) atoms. The summed E-state index contributed by atoms with van der Waals surface area (Å²) in [4.78, 5) is 25.3. The molecule has 2 unspecified atom stereocenters. The second-order valence-corrected chi connectivity index (χ2v) is 5.71. The molecule has 108 valence electrons. The van der Waals surface area contributed by atoms with Crippen LogP contribution < -0.4 is 0 Å². The number of carboxylic acid groups (broad SMARTS) is 1. The van der Waals surface area contributed by atoms with E-state index < -0.39 is 11.9 Å². The van der Waals surface area contributed by atoms with Crippen molar-refractivity contribution in [2.75, 3.05) is 7.05 Å². The number of carbonyl (C=O) groups excluding carboxylic acids is 1. The Morgan fingerprint density at radius 1 is 1.25 bits per heavy atom. The maximum Gasteiger partial charge on any atom is 0.308 e. The van der Waals surface area contributed by atoms with Gasteiger partial charge >= 0.3 is 5.97 Å². The Morgan fingerprint density at radius 3 is 2.40 bits per heavy atom. The first-order valence-electron chi connectivity index (χ1n) is 6.97. The highest BCUT2D eigenvalue weighted by Crippen LogP contribution is 2.35. The number of benzene rings is 1. The summed E-state index contributed by atoms with van der Waals surface area (Å²) in [7, 11) is 1.71. The van der Waals surface area contributed by atoms with Crippen molar-refractivity contribution in [1.82, 2.24) is 4.90 Å². The van der Waals surface area contributed by atoms with Crippen molar-refractivity contribution < 1.29 is 14.7 Å². The highest BCUT2D eigenvalue weighted by molar-refractivity contribution is 5.79. The summed E-state index contributed by atoms with van der Waals surface area (Å²) in [5.74, 6) is -1.33. The predicted molar refractivity (Wildman–Crippen MR) is 76.4 cm³/mol. The quantitative estimate of drug-likeness (QED) is 0.902. The lowest BCUT2D eigenvalue weighted by atomic mass is 9.88. The van der Waals surface area contributed by atoms with E-state index in [4.69, 9.17) is 0 Å². The van der Waals surface area contributed by atoms with Gasteiger partial charge in [-0.15, -0.1) is 0 Å². The summed E-state index contributed by atoms with van der Waals surface area (Å²) in [6.45, 7) is 3.98. The zero-order chi connectivity index (χ0) is 14.9. The lowest BCUT2D eigenvalue weighted by molar-refractivity contribution is -0.145. The molecule has 2 rings (SSSR count). The van der Waals surface area contributed by atoms with Crippen LogP contribution in [0.3, 0.4) is 0 Å². The van der Waals surface area contributed by atoms with Gasteiger partial charge in [0.2, 0.25) is 5.91 Å². The van der Waals surface area contributed by atoms with E-state index in [0.717, 1.165) is 16.7 Å². The van der Waals surface area contributed by atoms with Crippen LogP contribution in [0.5, 0.6) is 0 Å². The van der Waals surface area contributed by atoms with Crippen LogP contribution in [0, 0.1) is 19.8 Å². The summed E-state index contributed by atoms with van der Waals surface area (Å²) in [5.41, 5.74) is 3.11. The minimum Gasteiger partial charge on any atom is -0.481 e. The fraction of sp³-hybridized carbons (Fsp3) is 0.500. The van der Waals surface area contributed by atoms with E-state index in [1.165, 1.54) is 0 Å². The lowest BCUT2D eigenvalue weighted by Gasteiger charge is -2.31. The highest BCUT2D eigenvalue weighted by atomic mass is 16.4. The molecule has 0 spiro atoms. The van der Waals surface area contributed by atoms with Gasteiger partial charge in [-0.1, -0.05) is 29.3 Å². The summed E-state index contributed by atoms with van der Waals surface area (Å²) >= 11 is 0. The molecular formula is C16H21NO3. The Kier molecular flexibility index (Phi) is 4.12. The average molecular weight is 275 g/mol. The Balaban J connectivity index is 2.49. The monoisotopic (exact) mass is 275 g/mol.